The summed E-state index contributed by atoms with van der Waals surface area (Å²) in [6.45, 7) is 3.89. The van der Waals surface area contributed by atoms with Gasteiger partial charge in [-0.3, -0.25) is 0 Å². The number of oxazole rings is 1. The molecule has 1 fully saturated rings. The van der Waals surface area contributed by atoms with Crippen LogP contribution in [-0.2, 0) is 6.42 Å². The van der Waals surface area contributed by atoms with Gasteiger partial charge < -0.3 is 9.52 Å². The summed E-state index contributed by atoms with van der Waals surface area (Å²) < 4.78 is 5.47. The molecule has 0 radical (unpaired) electrons. The molecule has 1 N–H and O–H groups in total. The van der Waals surface area contributed by atoms with Crippen LogP contribution in [0.1, 0.15) is 80.4 Å². The zero-order valence-corrected chi connectivity index (χ0v) is 11.8. The maximum Gasteiger partial charge on any atom is 0.373 e. The molecule has 1 heterocycles. The lowest BCUT2D eigenvalue weighted by molar-refractivity contribution is 0.0657. The van der Waals surface area contributed by atoms with Crippen LogP contribution in [0, 0.1) is 5.92 Å². The first-order valence-corrected chi connectivity index (χ1v) is 7.30. The molecule has 0 saturated heterocycles. The van der Waals surface area contributed by atoms with Gasteiger partial charge in [0.25, 0.3) is 0 Å². The number of rotatable bonds is 4. The van der Waals surface area contributed by atoms with Gasteiger partial charge in [0.15, 0.2) is 5.89 Å². The Kier molecular flexibility index (Phi) is 4.61. The summed E-state index contributed by atoms with van der Waals surface area (Å²) in [4.78, 5) is 15.6. The number of nitrogens with zero attached hydrogens (tertiary/aromatic N) is 1. The molecule has 0 aliphatic heterocycles. The van der Waals surface area contributed by atoms with Crippen molar-refractivity contribution in [3.8, 4) is 0 Å². The lowest BCUT2D eigenvalue weighted by Gasteiger charge is -2.10. The van der Waals surface area contributed by atoms with Crippen LogP contribution in [0.4, 0.5) is 0 Å². The summed E-state index contributed by atoms with van der Waals surface area (Å²) in [5.74, 6) is 0.301. The third kappa shape index (κ3) is 3.58. The Balaban J connectivity index is 2.11. The first kappa shape index (κ1) is 14.1. The van der Waals surface area contributed by atoms with Crippen molar-refractivity contribution >= 4 is 5.97 Å². The minimum Gasteiger partial charge on any atom is -0.475 e. The SMILES string of the molecule is CC(C)c1nc(CC2CCCCCC2)oc1C(=O)O. The van der Waals surface area contributed by atoms with Crippen LogP contribution in [0.3, 0.4) is 0 Å². The maximum absolute atomic E-state index is 11.2. The molecule has 2 rings (SSSR count). The van der Waals surface area contributed by atoms with E-state index in [0.29, 0.717) is 17.5 Å². The third-order valence-electron chi connectivity index (χ3n) is 3.88. The molecule has 1 aliphatic carbocycles. The molecule has 106 valence electrons. The molecule has 0 unspecified atom stereocenters. The third-order valence-corrected chi connectivity index (χ3v) is 3.88. The lowest BCUT2D eigenvalue weighted by atomic mass is 9.97. The van der Waals surface area contributed by atoms with Crippen molar-refractivity contribution in [3.05, 3.63) is 17.3 Å². The molecule has 0 amide bonds. The van der Waals surface area contributed by atoms with Gasteiger partial charge in [-0.25, -0.2) is 9.78 Å². The molecule has 0 bridgehead atoms. The Morgan fingerprint density at radius 3 is 2.42 bits per heavy atom. The molecule has 1 aromatic rings. The molecule has 1 aliphatic rings. The van der Waals surface area contributed by atoms with Gasteiger partial charge in [-0.1, -0.05) is 39.5 Å². The summed E-state index contributed by atoms with van der Waals surface area (Å²) in [5.41, 5.74) is 0.580. The zero-order chi connectivity index (χ0) is 13.8. The molecule has 4 nitrogen and oxygen atoms in total. The van der Waals surface area contributed by atoms with Gasteiger partial charge in [-0.15, -0.1) is 0 Å². The smallest absolute Gasteiger partial charge is 0.373 e. The number of carbonyl (C=O) groups is 1. The molecule has 19 heavy (non-hydrogen) atoms. The Bertz CT molecular complexity index is 429. The van der Waals surface area contributed by atoms with Crippen LogP contribution >= 0.6 is 0 Å². The highest BCUT2D eigenvalue weighted by Gasteiger charge is 2.23. The quantitative estimate of drug-likeness (QED) is 0.835. The van der Waals surface area contributed by atoms with E-state index in [1.165, 1.54) is 38.5 Å². The molecule has 1 aromatic heterocycles. The van der Waals surface area contributed by atoms with E-state index in [9.17, 15) is 4.79 Å². The van der Waals surface area contributed by atoms with E-state index in [-0.39, 0.29) is 11.7 Å². The van der Waals surface area contributed by atoms with Crippen molar-refractivity contribution in [2.75, 3.05) is 0 Å². The van der Waals surface area contributed by atoms with Gasteiger partial charge in [-0.05, 0) is 24.7 Å². The largest absolute Gasteiger partial charge is 0.475 e. The molecular formula is C15H23NO3. The number of hydrogen-bond donors (Lipinski definition) is 1. The van der Waals surface area contributed by atoms with Crippen LogP contribution < -0.4 is 0 Å². The molecular weight excluding hydrogens is 242 g/mol. The average Bonchev–Trinajstić information content (AvgIpc) is 2.60. The Morgan fingerprint density at radius 2 is 1.95 bits per heavy atom. The fourth-order valence-electron chi connectivity index (χ4n) is 2.82. The fourth-order valence-corrected chi connectivity index (χ4v) is 2.82. The van der Waals surface area contributed by atoms with E-state index >= 15 is 0 Å². The first-order valence-electron chi connectivity index (χ1n) is 7.30. The van der Waals surface area contributed by atoms with Crippen molar-refractivity contribution in [1.82, 2.24) is 4.98 Å². The number of hydrogen-bond acceptors (Lipinski definition) is 3. The standard InChI is InChI=1S/C15H23NO3/c1-10(2)13-14(15(17)18)19-12(16-13)9-11-7-5-3-4-6-8-11/h10-11H,3-9H2,1-2H3,(H,17,18). The van der Waals surface area contributed by atoms with Crippen molar-refractivity contribution in [3.63, 3.8) is 0 Å². The van der Waals surface area contributed by atoms with E-state index in [4.69, 9.17) is 9.52 Å². The fraction of sp³-hybridized carbons (Fsp3) is 0.733. The predicted molar refractivity (Wildman–Crippen MR) is 72.4 cm³/mol. The first-order chi connectivity index (χ1) is 9.08. The van der Waals surface area contributed by atoms with Crippen LogP contribution in [-0.4, -0.2) is 16.1 Å². The Hall–Kier alpha value is -1.32. The predicted octanol–water partition coefficient (Wildman–Crippen LogP) is 4.01. The molecule has 0 spiro atoms. The average molecular weight is 265 g/mol. The van der Waals surface area contributed by atoms with Gasteiger partial charge in [-0.2, -0.15) is 0 Å². The normalized spacial score (nSPS) is 17.6. The van der Waals surface area contributed by atoms with Gasteiger partial charge in [0.05, 0.1) is 5.69 Å². The van der Waals surface area contributed by atoms with E-state index in [2.05, 4.69) is 4.98 Å². The molecule has 0 atom stereocenters. The second-order valence-electron chi connectivity index (χ2n) is 5.84. The summed E-state index contributed by atoms with van der Waals surface area (Å²) in [7, 11) is 0. The van der Waals surface area contributed by atoms with Crippen molar-refractivity contribution < 1.29 is 14.3 Å². The molecule has 1 saturated carbocycles. The van der Waals surface area contributed by atoms with Crippen molar-refractivity contribution in [1.29, 1.82) is 0 Å². The van der Waals surface area contributed by atoms with Crippen LogP contribution in [0.2, 0.25) is 0 Å². The van der Waals surface area contributed by atoms with E-state index in [1.54, 1.807) is 0 Å². The second kappa shape index (κ2) is 6.22. The highest BCUT2D eigenvalue weighted by molar-refractivity contribution is 5.85. The number of aromatic nitrogens is 1. The van der Waals surface area contributed by atoms with E-state index in [0.717, 1.165) is 6.42 Å². The minimum atomic E-state index is -1.01. The van der Waals surface area contributed by atoms with Gasteiger partial charge in [0.2, 0.25) is 5.76 Å². The minimum absolute atomic E-state index is 0.0265. The lowest BCUT2D eigenvalue weighted by Crippen LogP contribution is -2.03. The van der Waals surface area contributed by atoms with Crippen molar-refractivity contribution in [2.24, 2.45) is 5.92 Å². The highest BCUT2D eigenvalue weighted by atomic mass is 16.4. The monoisotopic (exact) mass is 265 g/mol. The van der Waals surface area contributed by atoms with Crippen LogP contribution in [0.25, 0.3) is 0 Å². The van der Waals surface area contributed by atoms with Crippen LogP contribution in [0.5, 0.6) is 0 Å². The number of carboxylic acid groups (broad SMARTS) is 1. The van der Waals surface area contributed by atoms with E-state index < -0.39 is 5.97 Å². The maximum atomic E-state index is 11.2. The highest BCUT2D eigenvalue weighted by Crippen LogP contribution is 2.28. The van der Waals surface area contributed by atoms with Gasteiger partial charge in [0.1, 0.15) is 0 Å². The zero-order valence-electron chi connectivity index (χ0n) is 11.8. The topological polar surface area (TPSA) is 63.3 Å². The Labute approximate surface area is 114 Å². The second-order valence-corrected chi connectivity index (χ2v) is 5.84. The van der Waals surface area contributed by atoms with Crippen LogP contribution in [0.15, 0.2) is 4.42 Å². The Morgan fingerprint density at radius 1 is 1.32 bits per heavy atom. The summed E-state index contributed by atoms with van der Waals surface area (Å²) in [6, 6.07) is 0. The van der Waals surface area contributed by atoms with E-state index in [1.807, 2.05) is 13.8 Å². The number of aromatic carboxylic acids is 1. The molecule has 4 heteroatoms. The summed E-state index contributed by atoms with van der Waals surface area (Å²) >= 11 is 0. The summed E-state index contributed by atoms with van der Waals surface area (Å²) in [5, 5.41) is 9.14. The van der Waals surface area contributed by atoms with Gasteiger partial charge in [0, 0.05) is 6.42 Å². The molecule has 0 aromatic carbocycles. The van der Waals surface area contributed by atoms with Gasteiger partial charge >= 0.3 is 5.97 Å². The summed E-state index contributed by atoms with van der Waals surface area (Å²) in [6.07, 6.45) is 8.39. The van der Waals surface area contributed by atoms with Crippen molar-refractivity contribution in [2.45, 2.75) is 64.7 Å². The number of carboxylic acids is 1.